The minimum absolute atomic E-state index is 1.01. The van der Waals surface area contributed by atoms with Crippen LogP contribution in [0, 0.1) is 6.26 Å². The molecule has 7 heavy (non-hydrogen) atoms. The summed E-state index contributed by atoms with van der Waals surface area (Å²) in [4.78, 5) is 0. The molecule has 0 bridgehead atoms. The Labute approximate surface area is 50.7 Å². The molecule has 0 N–H and O–H groups in total. The standard InChI is InChI=1S/C6H11S/c1-3-4-5-6-7-2/h3-6H2,1H3. The van der Waals surface area contributed by atoms with Crippen molar-refractivity contribution >= 4 is 11.8 Å². The highest BCUT2D eigenvalue weighted by atomic mass is 32.2. The minimum atomic E-state index is 1.01. The fourth-order valence-electron chi connectivity index (χ4n) is 0.424. The van der Waals surface area contributed by atoms with Gasteiger partial charge in [0.25, 0.3) is 0 Å². The molecule has 0 spiro atoms. The molecule has 0 heterocycles. The molecule has 0 unspecified atom stereocenters. The first-order valence-corrected chi connectivity index (χ1v) is 3.69. The first kappa shape index (κ1) is 7.35. The Kier molecular flexibility index (Phi) is 6.67. The Balaban J connectivity index is 2.45. The van der Waals surface area contributed by atoms with Gasteiger partial charge in [0.1, 0.15) is 0 Å². The summed E-state index contributed by atoms with van der Waals surface area (Å²) < 4.78 is 0. The zero-order chi connectivity index (χ0) is 5.54. The van der Waals surface area contributed by atoms with Gasteiger partial charge in [0, 0.05) is 0 Å². The van der Waals surface area contributed by atoms with E-state index in [9.17, 15) is 0 Å². The van der Waals surface area contributed by atoms with E-state index in [1.807, 2.05) is 0 Å². The second-order valence-corrected chi connectivity index (χ2v) is 2.25. The molecule has 0 aromatic rings. The molecular formula is C6H11S. The SMILES string of the molecule is [C]SCCCCC. The van der Waals surface area contributed by atoms with Crippen molar-refractivity contribution in [3.8, 4) is 0 Å². The molecule has 0 saturated heterocycles. The van der Waals surface area contributed by atoms with Gasteiger partial charge in [-0.3, -0.25) is 0 Å². The smallest absolute Gasteiger partial charge is 0.0686 e. The zero-order valence-electron chi connectivity index (χ0n) is 4.74. The van der Waals surface area contributed by atoms with Crippen molar-refractivity contribution in [2.45, 2.75) is 26.2 Å². The number of thioether (sulfide) groups is 1. The van der Waals surface area contributed by atoms with Crippen molar-refractivity contribution in [1.29, 1.82) is 0 Å². The molecule has 0 aliphatic carbocycles. The van der Waals surface area contributed by atoms with Gasteiger partial charge in [-0.25, -0.2) is 0 Å². The van der Waals surface area contributed by atoms with Gasteiger partial charge in [-0.2, -0.15) is 11.8 Å². The highest BCUT2D eigenvalue weighted by molar-refractivity contribution is 8.00. The molecule has 41 valence electrons. The lowest BCUT2D eigenvalue weighted by atomic mass is 10.3. The predicted molar refractivity (Wildman–Crippen MR) is 35.2 cm³/mol. The monoisotopic (exact) mass is 115 g/mol. The van der Waals surface area contributed by atoms with Crippen LogP contribution in [0.1, 0.15) is 26.2 Å². The lowest BCUT2D eigenvalue weighted by molar-refractivity contribution is 0.779. The van der Waals surface area contributed by atoms with Crippen LogP contribution in [0.15, 0.2) is 0 Å². The van der Waals surface area contributed by atoms with Gasteiger partial charge in [0.2, 0.25) is 0 Å². The molecule has 0 saturated carbocycles. The van der Waals surface area contributed by atoms with Crippen molar-refractivity contribution in [2.24, 2.45) is 0 Å². The van der Waals surface area contributed by atoms with Crippen LogP contribution in [-0.2, 0) is 0 Å². The van der Waals surface area contributed by atoms with E-state index in [0.29, 0.717) is 0 Å². The summed E-state index contributed by atoms with van der Waals surface area (Å²) in [5, 5.41) is 0. The largest absolute Gasteiger partial charge is 0.150 e. The average molecular weight is 115 g/mol. The Morgan fingerprint density at radius 3 is 2.57 bits per heavy atom. The Hall–Kier alpha value is 0.350. The minimum Gasteiger partial charge on any atom is -0.150 e. The molecule has 0 aliphatic rings. The normalized spacial score (nSPS) is 9.43. The molecule has 0 rings (SSSR count). The number of rotatable bonds is 4. The van der Waals surface area contributed by atoms with Crippen LogP contribution >= 0.6 is 11.8 Å². The highest BCUT2D eigenvalue weighted by Gasteiger charge is 1.80. The van der Waals surface area contributed by atoms with Gasteiger partial charge in [-0.15, -0.1) is 0 Å². The van der Waals surface area contributed by atoms with Crippen LogP contribution in [0.5, 0.6) is 0 Å². The summed E-state index contributed by atoms with van der Waals surface area (Å²) >= 11 is 1.19. The lowest BCUT2D eigenvalue weighted by Gasteiger charge is -1.90. The second-order valence-electron chi connectivity index (χ2n) is 1.56. The third-order valence-corrected chi connectivity index (χ3v) is 1.34. The first-order chi connectivity index (χ1) is 3.41. The van der Waals surface area contributed by atoms with E-state index >= 15 is 0 Å². The van der Waals surface area contributed by atoms with E-state index in [1.54, 1.807) is 0 Å². The van der Waals surface area contributed by atoms with Crippen LogP contribution in [0.3, 0.4) is 0 Å². The van der Waals surface area contributed by atoms with Gasteiger partial charge in [-0.05, 0) is 12.2 Å². The van der Waals surface area contributed by atoms with Crippen LogP contribution in [0.4, 0.5) is 0 Å². The fourth-order valence-corrected chi connectivity index (χ4v) is 0.773. The van der Waals surface area contributed by atoms with Gasteiger partial charge in [0.05, 0.1) is 6.26 Å². The maximum absolute atomic E-state index is 6.70. The second kappa shape index (κ2) is 6.35. The molecule has 0 nitrogen and oxygen atoms in total. The topological polar surface area (TPSA) is 0 Å². The first-order valence-electron chi connectivity index (χ1n) is 2.70. The third-order valence-electron chi connectivity index (χ3n) is 0.850. The lowest BCUT2D eigenvalue weighted by Crippen LogP contribution is -1.74. The van der Waals surface area contributed by atoms with E-state index in [4.69, 9.17) is 6.26 Å². The van der Waals surface area contributed by atoms with Crippen molar-refractivity contribution in [1.82, 2.24) is 0 Å². The van der Waals surface area contributed by atoms with Gasteiger partial charge < -0.3 is 0 Å². The van der Waals surface area contributed by atoms with E-state index < -0.39 is 0 Å². The van der Waals surface area contributed by atoms with Crippen LogP contribution in [-0.4, -0.2) is 5.75 Å². The maximum atomic E-state index is 6.70. The third kappa shape index (κ3) is 6.35. The molecule has 1 heteroatoms. The Morgan fingerprint density at radius 1 is 1.43 bits per heavy atom. The van der Waals surface area contributed by atoms with E-state index in [-0.39, 0.29) is 0 Å². The van der Waals surface area contributed by atoms with Crippen molar-refractivity contribution in [3.05, 3.63) is 6.26 Å². The zero-order valence-corrected chi connectivity index (χ0v) is 5.55. The maximum Gasteiger partial charge on any atom is 0.0686 e. The van der Waals surface area contributed by atoms with Gasteiger partial charge in [0.15, 0.2) is 0 Å². The molecule has 3 radical (unpaired) electrons. The summed E-state index contributed by atoms with van der Waals surface area (Å²) in [5.41, 5.74) is 0. The summed E-state index contributed by atoms with van der Waals surface area (Å²) in [7, 11) is 0. The summed E-state index contributed by atoms with van der Waals surface area (Å²) in [5.74, 6) is 1.01. The van der Waals surface area contributed by atoms with Crippen molar-refractivity contribution < 1.29 is 0 Å². The summed E-state index contributed by atoms with van der Waals surface area (Å²) in [6.45, 7) is 2.18. The van der Waals surface area contributed by atoms with Gasteiger partial charge >= 0.3 is 0 Å². The molecular weight excluding hydrogens is 104 g/mol. The summed E-state index contributed by atoms with van der Waals surface area (Å²) in [6, 6.07) is 0. The molecule has 0 fully saturated rings. The van der Waals surface area contributed by atoms with Crippen molar-refractivity contribution in [2.75, 3.05) is 5.75 Å². The number of unbranched alkanes of at least 4 members (excludes halogenated alkanes) is 2. The Morgan fingerprint density at radius 2 is 2.14 bits per heavy atom. The molecule has 0 amide bonds. The van der Waals surface area contributed by atoms with E-state index in [0.717, 1.165) is 5.75 Å². The molecule has 0 atom stereocenters. The predicted octanol–water partition coefficient (Wildman–Crippen LogP) is 2.46. The quantitative estimate of drug-likeness (QED) is 0.507. The van der Waals surface area contributed by atoms with Crippen molar-refractivity contribution in [3.63, 3.8) is 0 Å². The number of hydrogen-bond acceptors (Lipinski definition) is 1. The molecule has 0 aliphatic heterocycles. The fraction of sp³-hybridized carbons (Fsp3) is 0.833. The highest BCUT2D eigenvalue weighted by Crippen LogP contribution is 2.01. The van der Waals surface area contributed by atoms with E-state index in [2.05, 4.69) is 6.92 Å². The van der Waals surface area contributed by atoms with Gasteiger partial charge in [-0.1, -0.05) is 19.8 Å². The van der Waals surface area contributed by atoms with E-state index in [1.165, 1.54) is 31.0 Å². The van der Waals surface area contributed by atoms with Crippen LogP contribution in [0.25, 0.3) is 0 Å². The Bertz CT molecular complexity index is 23.4. The molecule has 0 aromatic heterocycles. The number of hydrogen-bond donors (Lipinski definition) is 0. The average Bonchev–Trinajstić information content (AvgIpc) is 1.69. The summed E-state index contributed by atoms with van der Waals surface area (Å²) in [6.07, 6.45) is 10.5. The van der Waals surface area contributed by atoms with Crippen LogP contribution < -0.4 is 0 Å². The van der Waals surface area contributed by atoms with Crippen LogP contribution in [0.2, 0.25) is 0 Å². The molecule has 0 aromatic carbocycles.